The second-order valence-electron chi connectivity index (χ2n) is 5.97. The molecule has 21 heavy (non-hydrogen) atoms. The van der Waals surface area contributed by atoms with Crippen molar-refractivity contribution in [1.29, 1.82) is 0 Å². The number of rotatable bonds is 3. The van der Waals surface area contributed by atoms with E-state index in [0.29, 0.717) is 18.6 Å². The third-order valence-electron chi connectivity index (χ3n) is 4.48. The van der Waals surface area contributed by atoms with Gasteiger partial charge in [0.05, 0.1) is 6.04 Å². The smallest absolute Gasteiger partial charge is 0.216 e. The van der Waals surface area contributed by atoms with Crippen molar-refractivity contribution in [2.75, 3.05) is 26.2 Å². The molecule has 0 aliphatic carbocycles. The summed E-state index contributed by atoms with van der Waals surface area (Å²) in [4.78, 5) is 13.4. The monoisotopic (exact) mass is 290 g/mol. The third kappa shape index (κ3) is 3.13. The van der Waals surface area contributed by atoms with Gasteiger partial charge in [0.2, 0.25) is 5.91 Å². The van der Waals surface area contributed by atoms with Crippen LogP contribution in [0.25, 0.3) is 0 Å². The minimum Gasteiger partial charge on any atom is -0.508 e. The van der Waals surface area contributed by atoms with Crippen molar-refractivity contribution < 1.29 is 14.6 Å². The first-order chi connectivity index (χ1) is 10.1. The summed E-state index contributed by atoms with van der Waals surface area (Å²) in [7, 11) is 0. The summed E-state index contributed by atoms with van der Waals surface area (Å²) in [5.41, 5.74) is 1.17. The molecule has 0 bridgehead atoms. The number of phenolic OH excluding ortho intramolecular Hbond substituents is 1. The molecule has 2 heterocycles. The standard InChI is InChI=1S/C16H22N2O3/c1-11(19)17-9-12-4-6-18(7-5-12)15-10-21-16-8-13(20)2-3-14(15)16/h2-3,8,12,15,20H,4-7,9-10H2,1H3,(H,17,19). The van der Waals surface area contributed by atoms with Crippen molar-refractivity contribution >= 4 is 5.91 Å². The Morgan fingerprint density at radius 1 is 1.43 bits per heavy atom. The summed E-state index contributed by atoms with van der Waals surface area (Å²) in [6.45, 7) is 5.07. The van der Waals surface area contributed by atoms with E-state index in [9.17, 15) is 9.90 Å². The third-order valence-corrected chi connectivity index (χ3v) is 4.48. The van der Waals surface area contributed by atoms with Crippen LogP contribution in [0.1, 0.15) is 31.4 Å². The van der Waals surface area contributed by atoms with Crippen LogP contribution in [0.15, 0.2) is 18.2 Å². The average Bonchev–Trinajstić information content (AvgIpc) is 2.88. The van der Waals surface area contributed by atoms with Gasteiger partial charge >= 0.3 is 0 Å². The summed E-state index contributed by atoms with van der Waals surface area (Å²) >= 11 is 0. The second-order valence-corrected chi connectivity index (χ2v) is 5.97. The number of benzene rings is 1. The molecule has 2 aliphatic heterocycles. The molecule has 1 atom stereocenters. The first kappa shape index (κ1) is 14.2. The fourth-order valence-electron chi connectivity index (χ4n) is 3.24. The number of ether oxygens (including phenoxy) is 1. The van der Waals surface area contributed by atoms with Gasteiger partial charge in [-0.25, -0.2) is 0 Å². The topological polar surface area (TPSA) is 61.8 Å². The fourth-order valence-corrected chi connectivity index (χ4v) is 3.24. The molecule has 0 spiro atoms. The van der Waals surface area contributed by atoms with Gasteiger partial charge in [0.1, 0.15) is 18.1 Å². The van der Waals surface area contributed by atoms with E-state index in [2.05, 4.69) is 10.2 Å². The van der Waals surface area contributed by atoms with Gasteiger partial charge in [0.25, 0.3) is 0 Å². The zero-order valence-corrected chi connectivity index (χ0v) is 12.3. The van der Waals surface area contributed by atoms with Crippen LogP contribution in [0, 0.1) is 5.92 Å². The average molecular weight is 290 g/mol. The quantitative estimate of drug-likeness (QED) is 0.889. The van der Waals surface area contributed by atoms with Gasteiger partial charge in [-0.3, -0.25) is 9.69 Å². The van der Waals surface area contributed by atoms with Gasteiger partial charge in [-0.2, -0.15) is 0 Å². The summed E-state index contributed by atoms with van der Waals surface area (Å²) in [5, 5.41) is 12.4. The number of aromatic hydroxyl groups is 1. The van der Waals surface area contributed by atoms with E-state index in [0.717, 1.165) is 38.2 Å². The Labute approximate surface area is 124 Å². The molecule has 1 aromatic rings. The molecule has 5 heteroatoms. The van der Waals surface area contributed by atoms with Crippen LogP contribution in [0.2, 0.25) is 0 Å². The maximum atomic E-state index is 11.0. The lowest BCUT2D eigenvalue weighted by atomic mass is 9.94. The minimum absolute atomic E-state index is 0.0513. The lowest BCUT2D eigenvalue weighted by Gasteiger charge is -2.35. The fraction of sp³-hybridized carbons (Fsp3) is 0.562. The second kappa shape index (κ2) is 5.93. The lowest BCUT2D eigenvalue weighted by molar-refractivity contribution is -0.119. The van der Waals surface area contributed by atoms with Crippen LogP contribution in [0.3, 0.4) is 0 Å². The van der Waals surface area contributed by atoms with Crippen LogP contribution in [0.4, 0.5) is 0 Å². The number of carbonyl (C=O) groups excluding carboxylic acids is 1. The number of nitrogens with zero attached hydrogens (tertiary/aromatic N) is 1. The number of amides is 1. The van der Waals surface area contributed by atoms with Crippen molar-refractivity contribution in [2.24, 2.45) is 5.92 Å². The predicted molar refractivity (Wildman–Crippen MR) is 79.3 cm³/mol. The molecule has 0 aromatic heterocycles. The Morgan fingerprint density at radius 3 is 2.90 bits per heavy atom. The van der Waals surface area contributed by atoms with Crippen LogP contribution in [-0.2, 0) is 4.79 Å². The van der Waals surface area contributed by atoms with Gasteiger partial charge < -0.3 is 15.2 Å². The summed E-state index contributed by atoms with van der Waals surface area (Å²) < 4.78 is 5.69. The molecule has 0 radical (unpaired) electrons. The molecule has 1 saturated heterocycles. The van der Waals surface area contributed by atoms with E-state index in [1.54, 1.807) is 19.1 Å². The Bertz CT molecular complexity index is 524. The van der Waals surface area contributed by atoms with Crippen LogP contribution < -0.4 is 10.1 Å². The number of nitrogens with one attached hydrogen (secondary N) is 1. The highest BCUT2D eigenvalue weighted by Gasteiger charge is 2.32. The molecule has 1 fully saturated rings. The van der Waals surface area contributed by atoms with E-state index in [4.69, 9.17) is 4.74 Å². The molecule has 1 unspecified atom stereocenters. The Morgan fingerprint density at radius 2 is 2.19 bits per heavy atom. The molecule has 2 aliphatic rings. The summed E-state index contributed by atoms with van der Waals surface area (Å²) in [5.74, 6) is 1.69. The molecular formula is C16H22N2O3. The number of fused-ring (bicyclic) bond motifs is 1. The molecule has 114 valence electrons. The number of piperidine rings is 1. The van der Waals surface area contributed by atoms with E-state index in [1.807, 2.05) is 6.07 Å². The zero-order valence-electron chi connectivity index (χ0n) is 12.3. The van der Waals surface area contributed by atoms with E-state index in [-0.39, 0.29) is 11.7 Å². The van der Waals surface area contributed by atoms with Gasteiger partial charge in [0, 0.05) is 25.1 Å². The number of hydrogen-bond acceptors (Lipinski definition) is 4. The van der Waals surface area contributed by atoms with Crippen molar-refractivity contribution in [1.82, 2.24) is 10.2 Å². The number of hydrogen-bond donors (Lipinski definition) is 2. The maximum absolute atomic E-state index is 11.0. The Hall–Kier alpha value is -1.75. The van der Waals surface area contributed by atoms with Gasteiger partial charge in [-0.05, 0) is 44.0 Å². The van der Waals surface area contributed by atoms with Crippen LogP contribution in [-0.4, -0.2) is 42.2 Å². The summed E-state index contributed by atoms with van der Waals surface area (Å²) in [6, 6.07) is 5.68. The molecule has 2 N–H and O–H groups in total. The van der Waals surface area contributed by atoms with E-state index in [1.165, 1.54) is 5.56 Å². The van der Waals surface area contributed by atoms with E-state index < -0.39 is 0 Å². The highest BCUT2D eigenvalue weighted by Crippen LogP contribution is 2.39. The highest BCUT2D eigenvalue weighted by atomic mass is 16.5. The predicted octanol–water partition coefficient (Wildman–Crippen LogP) is 1.67. The largest absolute Gasteiger partial charge is 0.508 e. The first-order valence-electron chi connectivity index (χ1n) is 7.57. The van der Waals surface area contributed by atoms with Crippen LogP contribution >= 0.6 is 0 Å². The highest BCUT2D eigenvalue weighted by molar-refractivity contribution is 5.72. The molecule has 5 nitrogen and oxygen atoms in total. The normalized spacial score (nSPS) is 22.6. The Kier molecular flexibility index (Phi) is 4.01. The van der Waals surface area contributed by atoms with Crippen molar-refractivity contribution in [3.63, 3.8) is 0 Å². The molecule has 3 rings (SSSR count). The number of carbonyl (C=O) groups is 1. The number of phenols is 1. The van der Waals surface area contributed by atoms with Crippen molar-refractivity contribution in [2.45, 2.75) is 25.8 Å². The van der Waals surface area contributed by atoms with Crippen molar-refractivity contribution in [3.8, 4) is 11.5 Å². The van der Waals surface area contributed by atoms with Crippen LogP contribution in [0.5, 0.6) is 11.5 Å². The van der Waals surface area contributed by atoms with Crippen molar-refractivity contribution in [3.05, 3.63) is 23.8 Å². The minimum atomic E-state index is 0.0513. The molecule has 1 aromatic carbocycles. The van der Waals surface area contributed by atoms with Gasteiger partial charge in [0.15, 0.2) is 0 Å². The van der Waals surface area contributed by atoms with E-state index >= 15 is 0 Å². The van der Waals surface area contributed by atoms with Gasteiger partial charge in [-0.1, -0.05) is 0 Å². The summed E-state index contributed by atoms with van der Waals surface area (Å²) in [6.07, 6.45) is 2.20. The number of likely N-dealkylation sites (tertiary alicyclic amines) is 1. The zero-order chi connectivity index (χ0) is 14.8. The maximum Gasteiger partial charge on any atom is 0.216 e. The Balaban J connectivity index is 1.58. The van der Waals surface area contributed by atoms with Gasteiger partial charge in [-0.15, -0.1) is 0 Å². The molecular weight excluding hydrogens is 268 g/mol. The molecule has 1 amide bonds. The lowest BCUT2D eigenvalue weighted by Crippen LogP contribution is -2.40. The molecule has 0 saturated carbocycles. The first-order valence-corrected chi connectivity index (χ1v) is 7.57. The SMILES string of the molecule is CC(=O)NCC1CCN(C2COc3cc(O)ccc32)CC1.